The molecule has 0 bridgehead atoms. The quantitative estimate of drug-likeness (QED) is 0.710. The minimum absolute atomic E-state index is 0.0287. The number of benzene rings is 1. The Bertz CT molecular complexity index is 798. The first kappa shape index (κ1) is 17.9. The van der Waals surface area contributed by atoms with Gasteiger partial charge in [-0.05, 0) is 31.2 Å². The van der Waals surface area contributed by atoms with Gasteiger partial charge in [0, 0.05) is 31.9 Å². The fourth-order valence-corrected chi connectivity index (χ4v) is 2.55. The van der Waals surface area contributed by atoms with Crippen LogP contribution in [0, 0.1) is 6.92 Å². The van der Waals surface area contributed by atoms with Crippen LogP contribution in [0.2, 0.25) is 0 Å². The van der Waals surface area contributed by atoms with Crippen LogP contribution in [-0.4, -0.2) is 60.3 Å². The number of aryl methyl sites for hydroxylation is 1. The van der Waals surface area contributed by atoms with Crippen molar-refractivity contribution in [1.29, 1.82) is 0 Å². The van der Waals surface area contributed by atoms with Crippen LogP contribution in [0.1, 0.15) is 5.82 Å². The molecule has 0 atom stereocenters. The lowest BCUT2D eigenvalue weighted by Crippen LogP contribution is -2.36. The highest BCUT2D eigenvalue weighted by molar-refractivity contribution is 7.89. The minimum Gasteiger partial charge on any atom is -0.337 e. The molecule has 1 aromatic carbocycles. The topological polar surface area (TPSA) is 120 Å². The van der Waals surface area contributed by atoms with Crippen molar-refractivity contribution in [1.82, 2.24) is 24.8 Å². The number of nitrogens with one attached hydrogen (secondary N) is 3. The number of aromatic amines is 1. The van der Waals surface area contributed by atoms with Gasteiger partial charge >= 0.3 is 6.03 Å². The molecule has 0 aliphatic rings. The van der Waals surface area contributed by atoms with Crippen LogP contribution in [0.5, 0.6) is 0 Å². The lowest BCUT2D eigenvalue weighted by Gasteiger charge is -2.12. The monoisotopic (exact) mass is 352 g/mol. The molecule has 0 fully saturated rings. The number of rotatable bonds is 6. The standard InChI is InChI=1S/C14H20N6O3S/c1-10-16-13(19-18-10)11-4-6-12(7-5-11)17-14(21)15-8-9-24(22,23)20(2)3/h4-7H,8-9H2,1-3H3,(H2,15,17,21)(H,16,18,19). The fraction of sp³-hybridized carbons (Fsp3) is 0.357. The van der Waals surface area contributed by atoms with E-state index in [-0.39, 0.29) is 12.3 Å². The van der Waals surface area contributed by atoms with Crippen molar-refractivity contribution >= 4 is 21.7 Å². The summed E-state index contributed by atoms with van der Waals surface area (Å²) in [6, 6.07) is 6.54. The maximum absolute atomic E-state index is 11.8. The molecule has 10 heteroatoms. The highest BCUT2D eigenvalue weighted by atomic mass is 32.2. The third kappa shape index (κ3) is 4.77. The fourth-order valence-electron chi connectivity index (χ4n) is 1.83. The van der Waals surface area contributed by atoms with Gasteiger partial charge < -0.3 is 10.6 Å². The van der Waals surface area contributed by atoms with Gasteiger partial charge in [0.15, 0.2) is 5.82 Å². The zero-order valence-electron chi connectivity index (χ0n) is 13.7. The van der Waals surface area contributed by atoms with E-state index in [2.05, 4.69) is 25.8 Å². The Morgan fingerprint density at radius 3 is 2.46 bits per heavy atom. The lowest BCUT2D eigenvalue weighted by molar-refractivity contribution is 0.252. The van der Waals surface area contributed by atoms with E-state index in [9.17, 15) is 13.2 Å². The molecule has 0 unspecified atom stereocenters. The molecule has 0 saturated heterocycles. The largest absolute Gasteiger partial charge is 0.337 e. The summed E-state index contributed by atoms with van der Waals surface area (Å²) >= 11 is 0. The number of H-pyrrole nitrogens is 1. The van der Waals surface area contributed by atoms with Gasteiger partial charge in [0.05, 0.1) is 5.75 Å². The molecule has 1 aromatic heterocycles. The third-order valence-electron chi connectivity index (χ3n) is 3.20. The second kappa shape index (κ2) is 7.41. The van der Waals surface area contributed by atoms with Crippen molar-refractivity contribution < 1.29 is 13.2 Å². The van der Waals surface area contributed by atoms with Crippen LogP contribution in [0.3, 0.4) is 0 Å². The Balaban J connectivity index is 1.86. The highest BCUT2D eigenvalue weighted by Gasteiger charge is 2.13. The molecule has 0 radical (unpaired) electrons. The van der Waals surface area contributed by atoms with Crippen LogP contribution in [0.25, 0.3) is 11.4 Å². The van der Waals surface area contributed by atoms with Crippen molar-refractivity contribution in [3.05, 3.63) is 30.1 Å². The summed E-state index contributed by atoms with van der Waals surface area (Å²) in [6.45, 7) is 1.84. The number of nitrogens with zero attached hydrogens (tertiary/aromatic N) is 3. The molecule has 24 heavy (non-hydrogen) atoms. The first-order valence-corrected chi connectivity index (χ1v) is 8.83. The Labute approximate surface area is 140 Å². The van der Waals surface area contributed by atoms with Crippen molar-refractivity contribution in [3.8, 4) is 11.4 Å². The van der Waals surface area contributed by atoms with E-state index < -0.39 is 16.1 Å². The van der Waals surface area contributed by atoms with Gasteiger partial charge in [0.1, 0.15) is 5.82 Å². The average Bonchev–Trinajstić information content (AvgIpc) is 2.94. The maximum atomic E-state index is 11.8. The number of hydrogen-bond donors (Lipinski definition) is 3. The number of urea groups is 1. The summed E-state index contributed by atoms with van der Waals surface area (Å²) in [6.07, 6.45) is 0. The smallest absolute Gasteiger partial charge is 0.319 e. The SMILES string of the molecule is Cc1nc(-c2ccc(NC(=O)NCCS(=O)(=O)N(C)C)cc2)n[nH]1. The molecule has 2 amide bonds. The molecule has 0 saturated carbocycles. The molecule has 0 aliphatic heterocycles. The number of anilines is 1. The van der Waals surface area contributed by atoms with Crippen LogP contribution < -0.4 is 10.6 Å². The zero-order valence-corrected chi connectivity index (χ0v) is 14.5. The molecule has 130 valence electrons. The summed E-state index contributed by atoms with van der Waals surface area (Å²) < 4.78 is 24.3. The second-order valence-electron chi connectivity index (χ2n) is 5.30. The van der Waals surface area contributed by atoms with E-state index in [1.165, 1.54) is 14.1 Å². The van der Waals surface area contributed by atoms with Gasteiger partial charge in [-0.1, -0.05) is 0 Å². The van der Waals surface area contributed by atoms with Crippen molar-refractivity contribution in [2.24, 2.45) is 0 Å². The molecule has 9 nitrogen and oxygen atoms in total. The van der Waals surface area contributed by atoms with Crippen LogP contribution in [-0.2, 0) is 10.0 Å². The Kier molecular flexibility index (Phi) is 5.52. The predicted octanol–water partition coefficient (Wildman–Crippen LogP) is 0.793. The highest BCUT2D eigenvalue weighted by Crippen LogP contribution is 2.17. The van der Waals surface area contributed by atoms with Gasteiger partial charge in [-0.15, -0.1) is 0 Å². The van der Waals surface area contributed by atoms with E-state index in [4.69, 9.17) is 0 Å². The zero-order chi connectivity index (χ0) is 17.7. The van der Waals surface area contributed by atoms with Crippen LogP contribution in [0.4, 0.5) is 10.5 Å². The normalized spacial score (nSPS) is 11.5. The van der Waals surface area contributed by atoms with Crippen LogP contribution in [0.15, 0.2) is 24.3 Å². The van der Waals surface area contributed by atoms with E-state index in [0.29, 0.717) is 11.5 Å². The van der Waals surface area contributed by atoms with Crippen molar-refractivity contribution in [3.63, 3.8) is 0 Å². The Morgan fingerprint density at radius 2 is 1.92 bits per heavy atom. The van der Waals surface area contributed by atoms with E-state index >= 15 is 0 Å². The Hall–Kier alpha value is -2.46. The van der Waals surface area contributed by atoms with E-state index in [0.717, 1.165) is 15.7 Å². The first-order chi connectivity index (χ1) is 11.3. The van der Waals surface area contributed by atoms with E-state index in [1.807, 2.05) is 6.92 Å². The molecule has 2 rings (SSSR count). The second-order valence-corrected chi connectivity index (χ2v) is 7.60. The molecule has 0 aliphatic carbocycles. The lowest BCUT2D eigenvalue weighted by atomic mass is 10.2. The molecular formula is C14H20N6O3S. The summed E-state index contributed by atoms with van der Waals surface area (Å²) in [7, 11) is -0.425. The molecule has 0 spiro atoms. The molecule has 3 N–H and O–H groups in total. The number of hydrogen-bond acceptors (Lipinski definition) is 5. The number of sulfonamides is 1. The van der Waals surface area contributed by atoms with Crippen molar-refractivity contribution in [2.75, 3.05) is 31.7 Å². The van der Waals surface area contributed by atoms with Gasteiger partial charge in [0.2, 0.25) is 10.0 Å². The van der Waals surface area contributed by atoms with Gasteiger partial charge in [-0.3, -0.25) is 5.10 Å². The molecule has 2 aromatic rings. The average molecular weight is 352 g/mol. The number of aromatic nitrogens is 3. The summed E-state index contributed by atoms with van der Waals surface area (Å²) in [5, 5.41) is 12.0. The first-order valence-electron chi connectivity index (χ1n) is 7.22. The predicted molar refractivity (Wildman–Crippen MR) is 91.1 cm³/mol. The summed E-state index contributed by atoms with van der Waals surface area (Å²) in [4.78, 5) is 16.0. The van der Waals surface area contributed by atoms with Crippen molar-refractivity contribution in [2.45, 2.75) is 6.92 Å². The number of carbonyl (C=O) groups is 1. The third-order valence-corrected chi connectivity index (χ3v) is 5.03. The number of carbonyl (C=O) groups excluding carboxylic acids is 1. The van der Waals surface area contributed by atoms with Crippen LogP contribution >= 0.6 is 0 Å². The minimum atomic E-state index is -3.33. The Morgan fingerprint density at radius 1 is 1.25 bits per heavy atom. The summed E-state index contributed by atoms with van der Waals surface area (Å²) in [5.41, 5.74) is 1.40. The van der Waals surface area contributed by atoms with Gasteiger partial charge in [-0.25, -0.2) is 22.5 Å². The van der Waals surface area contributed by atoms with E-state index in [1.54, 1.807) is 24.3 Å². The maximum Gasteiger partial charge on any atom is 0.319 e. The number of amides is 2. The summed E-state index contributed by atoms with van der Waals surface area (Å²) in [5.74, 6) is 1.15. The molecular weight excluding hydrogens is 332 g/mol. The van der Waals surface area contributed by atoms with Gasteiger partial charge in [-0.2, -0.15) is 5.10 Å². The van der Waals surface area contributed by atoms with Gasteiger partial charge in [0.25, 0.3) is 0 Å². The molecule has 1 heterocycles.